The number of alkyl halides is 3. The summed E-state index contributed by atoms with van der Waals surface area (Å²) >= 11 is 0. The highest BCUT2D eigenvalue weighted by molar-refractivity contribution is 7.92. The number of aromatic carboxylic acids is 1. The molecule has 1 aromatic carbocycles. The molecule has 0 radical (unpaired) electrons. The van der Waals surface area contributed by atoms with Gasteiger partial charge >= 0.3 is 11.5 Å². The molecule has 0 atom stereocenters. The highest BCUT2D eigenvalue weighted by Gasteiger charge is 2.47. The molecule has 1 aromatic rings. The van der Waals surface area contributed by atoms with Gasteiger partial charge in [-0.2, -0.15) is 13.2 Å². The molecule has 9 heteroatoms. The van der Waals surface area contributed by atoms with Gasteiger partial charge in [-0.05, 0) is 18.2 Å². The van der Waals surface area contributed by atoms with Crippen molar-refractivity contribution < 1.29 is 31.5 Å². The third kappa shape index (κ3) is 2.49. The number of anilines is 1. The average molecular weight is 269 g/mol. The zero-order valence-electron chi connectivity index (χ0n) is 8.02. The Morgan fingerprint density at radius 1 is 1.24 bits per heavy atom. The summed E-state index contributed by atoms with van der Waals surface area (Å²) in [5.74, 6) is -1.57. The summed E-state index contributed by atoms with van der Waals surface area (Å²) in [6, 6.07) is 1.81. The van der Waals surface area contributed by atoms with E-state index in [0.717, 1.165) is 6.07 Å². The summed E-state index contributed by atoms with van der Waals surface area (Å²) in [6.45, 7) is 0. The van der Waals surface area contributed by atoms with E-state index in [-0.39, 0.29) is 5.69 Å². The van der Waals surface area contributed by atoms with E-state index in [0.29, 0.717) is 12.1 Å². The van der Waals surface area contributed by atoms with E-state index in [2.05, 4.69) is 0 Å². The second-order valence-corrected chi connectivity index (χ2v) is 4.99. The van der Waals surface area contributed by atoms with Crippen LogP contribution in [0.2, 0.25) is 0 Å². The Morgan fingerprint density at radius 2 is 1.76 bits per heavy atom. The predicted molar refractivity (Wildman–Crippen MR) is 51.1 cm³/mol. The molecule has 0 saturated heterocycles. The monoisotopic (exact) mass is 269 g/mol. The molecular formula is C8H6F3NO4S. The fourth-order valence-electron chi connectivity index (χ4n) is 1.03. The number of carboxylic acids is 1. The van der Waals surface area contributed by atoms with Crippen molar-refractivity contribution in [3.8, 4) is 0 Å². The van der Waals surface area contributed by atoms with Gasteiger partial charge in [-0.3, -0.25) is 0 Å². The SMILES string of the molecule is Nc1cc(C(=O)O)cc(S(=O)(=O)C(F)(F)F)c1. The predicted octanol–water partition coefficient (Wildman–Crippen LogP) is 1.26. The normalized spacial score (nSPS) is 12.4. The van der Waals surface area contributed by atoms with Gasteiger partial charge in [-0.15, -0.1) is 0 Å². The van der Waals surface area contributed by atoms with E-state index in [1.165, 1.54) is 0 Å². The minimum atomic E-state index is -5.60. The Hall–Kier alpha value is -1.77. The number of carbonyl (C=O) groups is 1. The number of hydrogen-bond donors (Lipinski definition) is 2. The molecular weight excluding hydrogens is 263 g/mol. The van der Waals surface area contributed by atoms with E-state index < -0.39 is 31.8 Å². The summed E-state index contributed by atoms with van der Waals surface area (Å²) in [5, 5.41) is 8.57. The molecule has 94 valence electrons. The van der Waals surface area contributed by atoms with Crippen molar-refractivity contribution in [1.29, 1.82) is 0 Å². The summed E-state index contributed by atoms with van der Waals surface area (Å²) < 4.78 is 58.6. The van der Waals surface area contributed by atoms with Crippen LogP contribution in [0.3, 0.4) is 0 Å². The van der Waals surface area contributed by atoms with Crippen molar-refractivity contribution in [2.24, 2.45) is 0 Å². The number of carboxylic acid groups (broad SMARTS) is 1. The Balaban J connectivity index is 3.49. The number of hydrogen-bond acceptors (Lipinski definition) is 4. The molecule has 0 aliphatic carbocycles. The third-order valence-electron chi connectivity index (χ3n) is 1.79. The molecule has 0 aliphatic heterocycles. The van der Waals surface area contributed by atoms with Crippen molar-refractivity contribution in [2.75, 3.05) is 5.73 Å². The minimum Gasteiger partial charge on any atom is -0.478 e. The summed E-state index contributed by atoms with van der Waals surface area (Å²) in [5.41, 5.74) is -1.37. The maximum atomic E-state index is 12.2. The van der Waals surface area contributed by atoms with Gasteiger partial charge in [0, 0.05) is 5.69 Å². The van der Waals surface area contributed by atoms with Crippen molar-refractivity contribution >= 4 is 21.5 Å². The van der Waals surface area contributed by atoms with Crippen molar-refractivity contribution in [3.63, 3.8) is 0 Å². The largest absolute Gasteiger partial charge is 0.501 e. The van der Waals surface area contributed by atoms with Gasteiger partial charge < -0.3 is 10.8 Å². The number of nitrogen functional groups attached to an aromatic ring is 1. The number of sulfone groups is 1. The molecule has 0 amide bonds. The quantitative estimate of drug-likeness (QED) is 0.788. The highest BCUT2D eigenvalue weighted by Crippen LogP contribution is 2.31. The number of benzene rings is 1. The fourth-order valence-corrected chi connectivity index (χ4v) is 1.87. The first-order valence-corrected chi connectivity index (χ1v) is 5.49. The fraction of sp³-hybridized carbons (Fsp3) is 0.125. The molecule has 5 nitrogen and oxygen atoms in total. The molecule has 0 fully saturated rings. The van der Waals surface area contributed by atoms with Crippen LogP contribution in [0, 0.1) is 0 Å². The van der Waals surface area contributed by atoms with Crippen molar-refractivity contribution in [1.82, 2.24) is 0 Å². The zero-order chi connectivity index (χ0) is 13.4. The van der Waals surface area contributed by atoms with E-state index in [1.807, 2.05) is 0 Å². The number of nitrogens with two attached hydrogens (primary N) is 1. The van der Waals surface area contributed by atoms with Crippen molar-refractivity contribution in [3.05, 3.63) is 23.8 Å². The Labute approximate surface area is 93.6 Å². The minimum absolute atomic E-state index is 0.382. The Bertz CT molecular complexity index is 565. The second-order valence-electron chi connectivity index (χ2n) is 3.05. The maximum absolute atomic E-state index is 12.2. The average Bonchev–Trinajstić information content (AvgIpc) is 2.14. The van der Waals surface area contributed by atoms with E-state index in [9.17, 15) is 26.4 Å². The highest BCUT2D eigenvalue weighted by atomic mass is 32.2. The molecule has 0 aliphatic rings. The van der Waals surface area contributed by atoms with Gasteiger partial charge in [0.15, 0.2) is 0 Å². The molecule has 1 rings (SSSR count). The van der Waals surface area contributed by atoms with Crippen LogP contribution in [0.15, 0.2) is 23.1 Å². The molecule has 0 heterocycles. The molecule has 0 saturated carbocycles. The van der Waals surface area contributed by atoms with Gasteiger partial charge in [-0.25, -0.2) is 13.2 Å². The van der Waals surface area contributed by atoms with Crippen LogP contribution < -0.4 is 5.73 Å². The zero-order valence-corrected chi connectivity index (χ0v) is 8.84. The molecule has 0 aromatic heterocycles. The third-order valence-corrected chi connectivity index (χ3v) is 3.26. The molecule has 0 spiro atoms. The van der Waals surface area contributed by atoms with Crippen LogP contribution in [-0.4, -0.2) is 25.0 Å². The lowest BCUT2D eigenvalue weighted by molar-refractivity contribution is -0.0436. The van der Waals surface area contributed by atoms with E-state index in [4.69, 9.17) is 10.8 Å². The summed E-state index contributed by atoms with van der Waals surface area (Å²) in [7, 11) is -5.60. The van der Waals surface area contributed by atoms with Crippen LogP contribution in [0.1, 0.15) is 10.4 Å². The lowest BCUT2D eigenvalue weighted by Gasteiger charge is -2.09. The summed E-state index contributed by atoms with van der Waals surface area (Å²) in [4.78, 5) is 9.36. The van der Waals surface area contributed by atoms with Gasteiger partial charge in [0.1, 0.15) is 0 Å². The van der Waals surface area contributed by atoms with Crippen LogP contribution >= 0.6 is 0 Å². The smallest absolute Gasteiger partial charge is 0.478 e. The summed E-state index contributed by atoms with van der Waals surface area (Å²) in [6.07, 6.45) is 0. The maximum Gasteiger partial charge on any atom is 0.501 e. The molecule has 0 unspecified atom stereocenters. The molecule has 3 N–H and O–H groups in total. The van der Waals surface area contributed by atoms with Crippen LogP contribution in [0.25, 0.3) is 0 Å². The van der Waals surface area contributed by atoms with Crippen LogP contribution in [-0.2, 0) is 9.84 Å². The van der Waals surface area contributed by atoms with Gasteiger partial charge in [-0.1, -0.05) is 0 Å². The molecule has 17 heavy (non-hydrogen) atoms. The first kappa shape index (κ1) is 13.3. The van der Waals surface area contributed by atoms with Gasteiger partial charge in [0.25, 0.3) is 9.84 Å². The van der Waals surface area contributed by atoms with Gasteiger partial charge in [0.2, 0.25) is 0 Å². The number of rotatable bonds is 2. The second kappa shape index (κ2) is 3.91. The van der Waals surface area contributed by atoms with E-state index >= 15 is 0 Å². The van der Waals surface area contributed by atoms with Crippen LogP contribution in [0.4, 0.5) is 18.9 Å². The van der Waals surface area contributed by atoms with E-state index in [1.54, 1.807) is 0 Å². The lowest BCUT2D eigenvalue weighted by Crippen LogP contribution is -2.23. The van der Waals surface area contributed by atoms with Gasteiger partial charge in [0.05, 0.1) is 10.5 Å². The lowest BCUT2D eigenvalue weighted by atomic mass is 10.2. The first-order valence-electron chi connectivity index (χ1n) is 4.01. The Kier molecular flexibility index (Phi) is 3.06. The topological polar surface area (TPSA) is 97.5 Å². The molecule has 0 bridgehead atoms. The van der Waals surface area contributed by atoms with Crippen LogP contribution in [0.5, 0.6) is 0 Å². The Morgan fingerprint density at radius 3 is 2.18 bits per heavy atom. The first-order chi connectivity index (χ1) is 7.55. The number of halogens is 3. The van der Waals surface area contributed by atoms with Crippen molar-refractivity contribution in [2.45, 2.75) is 10.4 Å². The standard InChI is InChI=1S/C8H6F3NO4S/c9-8(10,11)17(15,16)6-2-4(7(13)14)1-5(12)3-6/h1-3H,12H2,(H,13,14).